The van der Waals surface area contributed by atoms with Gasteiger partial charge in [-0.2, -0.15) is 13.2 Å². The zero-order valence-corrected chi connectivity index (χ0v) is 14.7. The highest BCUT2D eigenvalue weighted by Crippen LogP contribution is 2.39. The molecule has 27 heavy (non-hydrogen) atoms. The summed E-state index contributed by atoms with van der Waals surface area (Å²) in [5.41, 5.74) is -2.97. The summed E-state index contributed by atoms with van der Waals surface area (Å²) in [6.07, 6.45) is -4.02. The summed E-state index contributed by atoms with van der Waals surface area (Å²) >= 11 is 0. The summed E-state index contributed by atoms with van der Waals surface area (Å²) in [7, 11) is -3.48. The third-order valence-corrected chi connectivity index (χ3v) is 5.19. The summed E-state index contributed by atoms with van der Waals surface area (Å²) < 4.78 is 76.1. The van der Waals surface area contributed by atoms with Gasteiger partial charge in [0, 0.05) is 17.5 Å². The van der Waals surface area contributed by atoms with Crippen molar-refractivity contribution in [2.75, 3.05) is 17.7 Å². The number of rotatable bonds is 3. The Morgan fingerprint density at radius 3 is 2.11 bits per heavy atom. The van der Waals surface area contributed by atoms with Crippen molar-refractivity contribution in [2.24, 2.45) is 4.99 Å². The lowest BCUT2D eigenvalue weighted by Gasteiger charge is -2.25. The predicted octanol–water partition coefficient (Wildman–Crippen LogP) is 2.75. The maximum Gasteiger partial charge on any atom is 0.440 e. The van der Waals surface area contributed by atoms with Crippen molar-refractivity contribution in [1.29, 1.82) is 0 Å². The smallest absolute Gasteiger partial charge is 0.361 e. The number of amidine groups is 1. The lowest BCUT2D eigenvalue weighted by molar-refractivity contribution is -0.249. The molecule has 0 spiro atoms. The molecule has 1 heterocycles. The molecule has 1 aliphatic rings. The Hall–Kier alpha value is -2.46. The molecule has 5 nitrogen and oxygen atoms in total. The number of nitrogens with zero attached hydrogens (tertiary/aromatic N) is 2. The minimum Gasteiger partial charge on any atom is -0.361 e. The van der Waals surface area contributed by atoms with Crippen LogP contribution in [0, 0.1) is 5.82 Å². The molecule has 1 unspecified atom stereocenters. The van der Waals surface area contributed by atoms with Crippen LogP contribution in [-0.2, 0) is 9.84 Å². The molecule has 0 bridgehead atoms. The lowest BCUT2D eigenvalue weighted by Crippen LogP contribution is -2.47. The normalized spacial score (nSPS) is 20.7. The molecule has 2 aromatic rings. The molecule has 10 heteroatoms. The number of anilines is 1. The van der Waals surface area contributed by atoms with Crippen molar-refractivity contribution in [3.63, 3.8) is 0 Å². The van der Waals surface area contributed by atoms with Crippen LogP contribution in [-0.4, -0.2) is 44.1 Å². The second kappa shape index (κ2) is 6.31. The predicted molar refractivity (Wildman–Crippen MR) is 90.8 cm³/mol. The van der Waals surface area contributed by atoms with Gasteiger partial charge in [-0.15, -0.1) is 0 Å². The highest BCUT2D eigenvalue weighted by atomic mass is 32.2. The summed E-state index contributed by atoms with van der Waals surface area (Å²) in [6, 6.07) is 9.74. The average Bonchev–Trinajstić information content (AvgIpc) is 2.94. The van der Waals surface area contributed by atoms with E-state index in [-0.39, 0.29) is 22.0 Å². The van der Waals surface area contributed by atoms with Gasteiger partial charge in [-0.1, -0.05) is 0 Å². The van der Waals surface area contributed by atoms with Crippen LogP contribution in [0.1, 0.15) is 5.56 Å². The Bertz CT molecular complexity index is 986. The van der Waals surface area contributed by atoms with Crippen molar-refractivity contribution < 1.29 is 31.1 Å². The molecule has 0 amide bonds. The van der Waals surface area contributed by atoms with Crippen LogP contribution in [0.25, 0.3) is 0 Å². The molecule has 0 radical (unpaired) electrons. The summed E-state index contributed by atoms with van der Waals surface area (Å²) in [5.74, 6) is -0.783. The van der Waals surface area contributed by atoms with Gasteiger partial charge in [-0.25, -0.2) is 17.8 Å². The van der Waals surface area contributed by atoms with Gasteiger partial charge < -0.3 is 10.0 Å². The van der Waals surface area contributed by atoms with Crippen LogP contribution in [0.3, 0.4) is 0 Å². The van der Waals surface area contributed by atoms with E-state index in [2.05, 4.69) is 4.99 Å². The molecular weight excluding hydrogens is 388 g/mol. The van der Waals surface area contributed by atoms with Crippen LogP contribution in [0.2, 0.25) is 0 Å². The highest BCUT2D eigenvalue weighted by Gasteiger charge is 2.58. The minimum absolute atomic E-state index is 0.00296. The molecule has 0 fully saturated rings. The van der Waals surface area contributed by atoms with Gasteiger partial charge in [0.15, 0.2) is 9.84 Å². The molecule has 1 aliphatic heterocycles. The van der Waals surface area contributed by atoms with Gasteiger partial charge in [0.2, 0.25) is 0 Å². The molecule has 2 aromatic carbocycles. The van der Waals surface area contributed by atoms with Gasteiger partial charge in [0.05, 0.1) is 11.4 Å². The van der Waals surface area contributed by atoms with Crippen LogP contribution >= 0.6 is 0 Å². The molecule has 1 N–H and O–H groups in total. The van der Waals surface area contributed by atoms with E-state index in [1.807, 2.05) is 0 Å². The topological polar surface area (TPSA) is 70.0 Å². The van der Waals surface area contributed by atoms with Gasteiger partial charge in [-0.3, -0.25) is 0 Å². The summed E-state index contributed by atoms with van der Waals surface area (Å²) in [6.45, 7) is -0.915. The van der Waals surface area contributed by atoms with E-state index in [0.29, 0.717) is 0 Å². The number of hydrogen-bond donors (Lipinski definition) is 1. The van der Waals surface area contributed by atoms with E-state index in [4.69, 9.17) is 0 Å². The van der Waals surface area contributed by atoms with Crippen molar-refractivity contribution >= 4 is 21.4 Å². The summed E-state index contributed by atoms with van der Waals surface area (Å²) in [4.78, 5) is 4.55. The third kappa shape index (κ3) is 3.67. The van der Waals surface area contributed by atoms with Gasteiger partial charge in [-0.05, 0) is 48.5 Å². The number of benzene rings is 2. The molecule has 0 saturated heterocycles. The van der Waals surface area contributed by atoms with Crippen LogP contribution in [0.4, 0.5) is 23.2 Å². The zero-order chi connectivity index (χ0) is 20.0. The second-order valence-electron chi connectivity index (χ2n) is 6.11. The number of hydrogen-bond acceptors (Lipinski definition) is 5. The summed E-state index contributed by atoms with van der Waals surface area (Å²) in [5, 5.41) is 10.0. The standard InChI is InChI=1S/C17H14F4N2O3S/c1-27(25,26)14-8-6-13(7-9-14)23-10-16(24,17(19,20)21)22-15(23)11-2-4-12(18)5-3-11/h2-9,24H,10H2,1H3. The van der Waals surface area contributed by atoms with Crippen molar-refractivity contribution in [2.45, 2.75) is 16.8 Å². The van der Waals surface area contributed by atoms with Crippen LogP contribution in [0.5, 0.6) is 0 Å². The highest BCUT2D eigenvalue weighted by molar-refractivity contribution is 7.90. The number of alkyl halides is 3. The van der Waals surface area contributed by atoms with Crippen molar-refractivity contribution in [1.82, 2.24) is 0 Å². The lowest BCUT2D eigenvalue weighted by atomic mass is 10.1. The van der Waals surface area contributed by atoms with Crippen molar-refractivity contribution in [3.8, 4) is 0 Å². The Kier molecular flexibility index (Phi) is 4.51. The SMILES string of the molecule is CS(=O)(=O)c1ccc(N2CC(O)(C(F)(F)F)N=C2c2ccc(F)cc2)cc1. The van der Waals surface area contributed by atoms with Gasteiger partial charge >= 0.3 is 6.18 Å². The molecule has 0 aliphatic carbocycles. The molecule has 0 aromatic heterocycles. The minimum atomic E-state index is -5.03. The Balaban J connectivity index is 2.07. The van der Waals surface area contributed by atoms with E-state index in [9.17, 15) is 31.1 Å². The monoisotopic (exact) mass is 402 g/mol. The number of aliphatic imine (C=N–C) groups is 1. The number of halogens is 4. The maximum atomic E-state index is 13.3. The first-order valence-corrected chi connectivity index (χ1v) is 9.52. The van der Waals surface area contributed by atoms with Crippen LogP contribution in [0.15, 0.2) is 58.4 Å². The van der Waals surface area contributed by atoms with E-state index in [1.165, 1.54) is 36.4 Å². The number of sulfone groups is 1. The molecule has 3 rings (SSSR count). The number of β-amino-alcohol motifs (C(OH)–C–C–N with tert-alkyl or cyclic N) is 1. The molecule has 144 valence electrons. The quantitative estimate of drug-likeness (QED) is 0.802. The molecule has 0 saturated carbocycles. The largest absolute Gasteiger partial charge is 0.440 e. The van der Waals surface area contributed by atoms with Crippen LogP contribution < -0.4 is 4.90 Å². The van der Waals surface area contributed by atoms with E-state index < -0.39 is 34.1 Å². The van der Waals surface area contributed by atoms with Gasteiger partial charge in [0.1, 0.15) is 11.7 Å². The van der Waals surface area contributed by atoms with Gasteiger partial charge in [0.25, 0.3) is 5.72 Å². The number of aliphatic hydroxyl groups is 1. The Labute approximate surface area is 152 Å². The molecule has 1 atom stereocenters. The fourth-order valence-corrected chi connectivity index (χ4v) is 3.26. The fourth-order valence-electron chi connectivity index (χ4n) is 2.63. The second-order valence-corrected chi connectivity index (χ2v) is 8.12. The van der Waals surface area contributed by atoms with E-state index >= 15 is 0 Å². The molecular formula is C17H14F4N2O3S. The fraction of sp³-hybridized carbons (Fsp3) is 0.235. The Morgan fingerprint density at radius 2 is 1.63 bits per heavy atom. The van der Waals surface area contributed by atoms with E-state index in [0.717, 1.165) is 23.3 Å². The first kappa shape index (κ1) is 19.3. The van der Waals surface area contributed by atoms with E-state index in [1.54, 1.807) is 0 Å². The first-order chi connectivity index (χ1) is 12.4. The third-order valence-electron chi connectivity index (χ3n) is 4.06. The first-order valence-electron chi connectivity index (χ1n) is 7.63. The average molecular weight is 402 g/mol. The zero-order valence-electron chi connectivity index (χ0n) is 13.9. The Morgan fingerprint density at radius 1 is 1.07 bits per heavy atom. The van der Waals surface area contributed by atoms with Crippen molar-refractivity contribution in [3.05, 3.63) is 59.9 Å². The maximum absolute atomic E-state index is 13.3.